The number of phenolic OH excluding ortho intramolecular Hbond substituents is 2. The van der Waals surface area contributed by atoms with E-state index in [0.717, 1.165) is 0 Å². The molecule has 5 heteroatoms. The van der Waals surface area contributed by atoms with Crippen LogP contribution in [0.5, 0.6) is 11.5 Å². The third-order valence-corrected chi connectivity index (χ3v) is 1.63. The van der Waals surface area contributed by atoms with Crippen molar-refractivity contribution < 1.29 is 15.0 Å². The van der Waals surface area contributed by atoms with Crippen LogP contribution in [-0.2, 0) is 0 Å². The molecule has 0 atom stereocenters. The molecule has 0 bridgehead atoms. The third kappa shape index (κ3) is 1.78. The number of phenols is 2. The predicted octanol–water partition coefficient (Wildman–Crippen LogP) is 1.50. The highest BCUT2D eigenvalue weighted by Crippen LogP contribution is 2.28. The lowest BCUT2D eigenvalue weighted by Crippen LogP contribution is -2.06. The van der Waals surface area contributed by atoms with Crippen molar-refractivity contribution in [2.45, 2.75) is 0 Å². The monoisotopic (exact) mass is 199 g/mol. The fraction of sp³-hybridized carbons (Fsp3) is 0. The summed E-state index contributed by atoms with van der Waals surface area (Å²) < 4.78 is 0. The second kappa shape index (κ2) is 3.45. The molecule has 1 rings (SSSR count). The largest absolute Gasteiger partial charge is 0.504 e. The number of benzene rings is 1. The topological polar surface area (TPSA) is 81.4 Å². The molecule has 0 unspecified atom stereocenters. The van der Waals surface area contributed by atoms with Gasteiger partial charge in [-0.3, -0.25) is 10.2 Å². The van der Waals surface area contributed by atoms with E-state index in [1.54, 1.807) is 0 Å². The van der Waals surface area contributed by atoms with Crippen LogP contribution in [0.1, 0.15) is 10.4 Å². The summed E-state index contributed by atoms with van der Waals surface area (Å²) in [5, 5.41) is 24.3. The van der Waals surface area contributed by atoms with Gasteiger partial charge in [-0.05, 0) is 12.1 Å². The average molecular weight is 200 g/mol. The maximum absolute atomic E-state index is 11.1. The van der Waals surface area contributed by atoms with Crippen LogP contribution in [0.25, 0.3) is 0 Å². The summed E-state index contributed by atoms with van der Waals surface area (Å²) in [6.07, 6.45) is 0. The van der Waals surface area contributed by atoms with Crippen LogP contribution in [0, 0.1) is 5.41 Å². The number of carbonyl (C=O) groups excluding carboxylic acids is 1. The first kappa shape index (κ1) is 9.54. The predicted molar refractivity (Wildman–Crippen MR) is 47.7 cm³/mol. The highest BCUT2D eigenvalue weighted by molar-refractivity contribution is 6.84. The Labute approximate surface area is 78.9 Å². The van der Waals surface area contributed by atoms with E-state index in [9.17, 15) is 9.90 Å². The Morgan fingerprint density at radius 2 is 2.00 bits per heavy atom. The van der Waals surface area contributed by atoms with E-state index >= 15 is 0 Å². The lowest BCUT2D eigenvalue weighted by Gasteiger charge is -2.02. The molecule has 3 N–H and O–H groups in total. The van der Waals surface area contributed by atoms with Crippen molar-refractivity contribution in [3.63, 3.8) is 0 Å². The normalized spacial score (nSPS) is 9.62. The first-order chi connectivity index (χ1) is 6.04. The Kier molecular flexibility index (Phi) is 2.53. The van der Waals surface area contributed by atoms with Gasteiger partial charge in [-0.25, -0.2) is 0 Å². The summed E-state index contributed by atoms with van der Waals surface area (Å²) in [5.41, 5.74) is -0.181. The van der Waals surface area contributed by atoms with Crippen LogP contribution < -0.4 is 0 Å². The molecule has 0 aliphatic rings. The molecular formula is C8H6ClNO3. The fourth-order valence-corrected chi connectivity index (χ4v) is 0.935. The van der Waals surface area contributed by atoms with E-state index < -0.39 is 22.5 Å². The van der Waals surface area contributed by atoms with Crippen molar-refractivity contribution in [3.8, 4) is 11.5 Å². The van der Waals surface area contributed by atoms with Gasteiger partial charge in [0.15, 0.2) is 16.7 Å². The summed E-state index contributed by atoms with van der Waals surface area (Å²) in [4.78, 5) is 11.1. The van der Waals surface area contributed by atoms with Crippen LogP contribution in [-0.4, -0.2) is 21.2 Å². The molecule has 0 fully saturated rings. The van der Waals surface area contributed by atoms with E-state index in [1.165, 1.54) is 18.2 Å². The van der Waals surface area contributed by atoms with Gasteiger partial charge in [0.05, 0.1) is 5.56 Å². The number of nitrogens with one attached hydrogen (secondary N) is 1. The van der Waals surface area contributed by atoms with E-state index in [2.05, 4.69) is 0 Å². The van der Waals surface area contributed by atoms with Gasteiger partial charge in [0, 0.05) is 0 Å². The Hall–Kier alpha value is -1.55. The molecule has 0 radical (unpaired) electrons. The zero-order chi connectivity index (χ0) is 10.0. The molecule has 0 heterocycles. The van der Waals surface area contributed by atoms with Gasteiger partial charge in [0.25, 0.3) is 0 Å². The van der Waals surface area contributed by atoms with Crippen molar-refractivity contribution in [1.29, 1.82) is 5.41 Å². The minimum atomic E-state index is -0.824. The van der Waals surface area contributed by atoms with E-state index in [-0.39, 0.29) is 5.56 Å². The van der Waals surface area contributed by atoms with Crippen molar-refractivity contribution >= 4 is 22.6 Å². The molecule has 0 saturated carbocycles. The maximum atomic E-state index is 11.1. The highest BCUT2D eigenvalue weighted by atomic mass is 35.5. The van der Waals surface area contributed by atoms with Crippen molar-refractivity contribution in [2.75, 3.05) is 0 Å². The number of hydrogen-bond acceptors (Lipinski definition) is 4. The van der Waals surface area contributed by atoms with Crippen LogP contribution in [0.3, 0.4) is 0 Å². The maximum Gasteiger partial charge on any atom is 0.226 e. The molecule has 0 aliphatic heterocycles. The molecule has 1 aromatic rings. The summed E-state index contributed by atoms with van der Waals surface area (Å²) in [7, 11) is 0. The number of aromatic hydroxyl groups is 2. The zero-order valence-electron chi connectivity index (χ0n) is 6.41. The standard InChI is InChI=1S/C8H6ClNO3/c9-8(10)7(13)4-2-1-3-5(11)6(4)12/h1-3,10-12H. The van der Waals surface area contributed by atoms with Gasteiger partial charge in [-0.1, -0.05) is 17.7 Å². The Bertz CT molecular complexity index is 376. The first-order valence-corrected chi connectivity index (χ1v) is 3.71. The first-order valence-electron chi connectivity index (χ1n) is 3.33. The number of carbonyl (C=O) groups is 1. The minimum Gasteiger partial charge on any atom is -0.504 e. The molecule has 4 nitrogen and oxygen atoms in total. The minimum absolute atomic E-state index is 0.181. The summed E-state index contributed by atoms with van der Waals surface area (Å²) >= 11 is 5.13. The fourth-order valence-electron chi connectivity index (χ4n) is 0.833. The SMILES string of the molecule is N=C(Cl)C(=O)c1cccc(O)c1O. The molecule has 0 amide bonds. The number of Topliss-reactive ketones (excluding diaryl/α,β-unsaturated/α-hetero) is 1. The molecular weight excluding hydrogens is 194 g/mol. The molecule has 13 heavy (non-hydrogen) atoms. The molecule has 0 saturated heterocycles. The molecule has 0 spiro atoms. The summed E-state index contributed by atoms with van der Waals surface area (Å²) in [5.74, 6) is -1.79. The van der Waals surface area contributed by atoms with Gasteiger partial charge in [0.1, 0.15) is 0 Å². The average Bonchev–Trinajstić information content (AvgIpc) is 2.08. The second-order valence-electron chi connectivity index (χ2n) is 2.32. The number of halogens is 1. The van der Waals surface area contributed by atoms with Gasteiger partial charge in [0.2, 0.25) is 5.78 Å². The quantitative estimate of drug-likeness (QED) is 0.384. The van der Waals surface area contributed by atoms with Gasteiger partial charge >= 0.3 is 0 Å². The number of hydrogen-bond donors (Lipinski definition) is 3. The van der Waals surface area contributed by atoms with Crippen molar-refractivity contribution in [2.24, 2.45) is 0 Å². The molecule has 0 aromatic heterocycles. The third-order valence-electron chi connectivity index (χ3n) is 1.46. The number of para-hydroxylation sites is 1. The van der Waals surface area contributed by atoms with Crippen LogP contribution in [0.15, 0.2) is 18.2 Å². The molecule has 1 aromatic carbocycles. The van der Waals surface area contributed by atoms with Crippen molar-refractivity contribution in [1.82, 2.24) is 0 Å². The lowest BCUT2D eigenvalue weighted by atomic mass is 10.1. The molecule has 68 valence electrons. The molecule has 0 aliphatic carbocycles. The van der Waals surface area contributed by atoms with Crippen molar-refractivity contribution in [3.05, 3.63) is 23.8 Å². The van der Waals surface area contributed by atoms with Crippen LogP contribution in [0.4, 0.5) is 0 Å². The van der Waals surface area contributed by atoms with Gasteiger partial charge in [-0.2, -0.15) is 0 Å². The zero-order valence-corrected chi connectivity index (χ0v) is 7.17. The smallest absolute Gasteiger partial charge is 0.226 e. The van der Waals surface area contributed by atoms with Gasteiger partial charge < -0.3 is 10.2 Å². The van der Waals surface area contributed by atoms with E-state index in [0.29, 0.717) is 0 Å². The van der Waals surface area contributed by atoms with E-state index in [4.69, 9.17) is 22.1 Å². The highest BCUT2D eigenvalue weighted by Gasteiger charge is 2.16. The Balaban J connectivity index is 3.23. The Morgan fingerprint density at radius 1 is 1.38 bits per heavy atom. The van der Waals surface area contributed by atoms with E-state index in [1.807, 2.05) is 0 Å². The lowest BCUT2D eigenvalue weighted by molar-refractivity contribution is 0.106. The van der Waals surface area contributed by atoms with Crippen LogP contribution in [0.2, 0.25) is 0 Å². The van der Waals surface area contributed by atoms with Gasteiger partial charge in [-0.15, -0.1) is 0 Å². The Morgan fingerprint density at radius 3 is 2.54 bits per heavy atom. The second-order valence-corrected chi connectivity index (χ2v) is 2.69. The number of ketones is 1. The summed E-state index contributed by atoms with van der Waals surface area (Å²) in [6, 6.07) is 3.88. The van der Waals surface area contributed by atoms with Crippen LogP contribution >= 0.6 is 11.6 Å². The number of rotatable bonds is 2. The summed E-state index contributed by atoms with van der Waals surface area (Å²) in [6.45, 7) is 0.